The molecule has 0 bridgehead atoms. The van der Waals surface area contributed by atoms with Crippen molar-refractivity contribution in [1.82, 2.24) is 15.2 Å². The lowest BCUT2D eigenvalue weighted by Gasteiger charge is -2.06. The zero-order valence-electron chi connectivity index (χ0n) is 12.5. The summed E-state index contributed by atoms with van der Waals surface area (Å²) >= 11 is 1.53. The molecule has 1 fully saturated rings. The van der Waals surface area contributed by atoms with Crippen LogP contribution in [0.5, 0.6) is 0 Å². The number of hydrogen-bond donors (Lipinski definition) is 0. The van der Waals surface area contributed by atoms with E-state index in [1.807, 2.05) is 31.2 Å². The molecule has 0 unspecified atom stereocenters. The zero-order chi connectivity index (χ0) is 16.0. The number of carbonyl (C=O) groups excluding carboxylic acids is 1. The van der Waals surface area contributed by atoms with Crippen molar-refractivity contribution < 1.29 is 9.18 Å². The largest absolute Gasteiger partial charge is 0.296 e. The smallest absolute Gasteiger partial charge is 0.175 e. The first kappa shape index (κ1) is 14.4. The minimum absolute atomic E-state index is 0.0502. The molecular weight excluding hydrogens is 313 g/mol. The monoisotopic (exact) mass is 327 g/mol. The van der Waals surface area contributed by atoms with Gasteiger partial charge in [-0.1, -0.05) is 23.5 Å². The first-order valence-electron chi connectivity index (χ1n) is 7.45. The topological polar surface area (TPSA) is 55.7 Å². The first-order chi connectivity index (χ1) is 11.0. The number of halogens is 1. The van der Waals surface area contributed by atoms with Gasteiger partial charge in [0.1, 0.15) is 10.0 Å². The molecule has 2 heterocycles. The molecule has 4 nitrogen and oxygen atoms in total. The van der Waals surface area contributed by atoms with Crippen LogP contribution in [0.4, 0.5) is 4.39 Å². The van der Waals surface area contributed by atoms with Crippen LogP contribution in [0.1, 0.15) is 23.5 Å². The van der Waals surface area contributed by atoms with Crippen LogP contribution in [0.3, 0.4) is 0 Å². The number of Topliss-reactive ketones (excluding diaryl/α,β-unsaturated/α-hetero) is 1. The molecule has 0 spiro atoms. The molecule has 0 radical (unpaired) electrons. The Morgan fingerprint density at radius 1 is 1.26 bits per heavy atom. The molecule has 6 heteroatoms. The number of benzene rings is 1. The number of aryl methyl sites for hydroxylation is 1. The van der Waals surface area contributed by atoms with Crippen LogP contribution in [0.15, 0.2) is 30.5 Å². The van der Waals surface area contributed by atoms with Gasteiger partial charge in [0.25, 0.3) is 0 Å². The third-order valence-corrected chi connectivity index (χ3v) is 4.97. The molecule has 0 amide bonds. The quantitative estimate of drug-likeness (QED) is 0.733. The number of fused-ring (bicyclic) bond motifs is 1. The third kappa shape index (κ3) is 2.74. The highest BCUT2D eigenvalue weighted by atomic mass is 32.1. The molecule has 2 aromatic heterocycles. The summed E-state index contributed by atoms with van der Waals surface area (Å²) < 4.78 is 13.8. The molecule has 0 saturated heterocycles. The van der Waals surface area contributed by atoms with E-state index in [0.29, 0.717) is 18.5 Å². The van der Waals surface area contributed by atoms with Gasteiger partial charge in [0.15, 0.2) is 11.5 Å². The number of ketones is 1. The van der Waals surface area contributed by atoms with E-state index in [9.17, 15) is 9.18 Å². The zero-order valence-corrected chi connectivity index (χ0v) is 13.4. The number of aromatic nitrogens is 3. The normalized spacial score (nSPS) is 15.7. The Morgan fingerprint density at radius 3 is 2.78 bits per heavy atom. The summed E-state index contributed by atoms with van der Waals surface area (Å²) in [5.74, 6) is -0.361. The summed E-state index contributed by atoms with van der Waals surface area (Å²) in [6.07, 6.45) is 2.47. The van der Waals surface area contributed by atoms with Crippen LogP contribution in [0.2, 0.25) is 0 Å². The van der Waals surface area contributed by atoms with Gasteiger partial charge in [-0.3, -0.25) is 9.78 Å². The van der Waals surface area contributed by atoms with E-state index >= 15 is 0 Å². The van der Waals surface area contributed by atoms with Crippen molar-refractivity contribution in [3.8, 4) is 10.6 Å². The lowest BCUT2D eigenvalue weighted by molar-refractivity contribution is -0.124. The van der Waals surface area contributed by atoms with Gasteiger partial charge in [-0.15, -0.1) is 10.2 Å². The Balaban J connectivity index is 1.68. The predicted molar refractivity (Wildman–Crippen MR) is 87.2 cm³/mol. The van der Waals surface area contributed by atoms with E-state index in [4.69, 9.17) is 0 Å². The van der Waals surface area contributed by atoms with Crippen LogP contribution in [0, 0.1) is 6.92 Å². The van der Waals surface area contributed by atoms with E-state index in [-0.39, 0.29) is 12.2 Å². The fourth-order valence-corrected chi connectivity index (χ4v) is 3.23. The number of rotatable bonds is 4. The van der Waals surface area contributed by atoms with Crippen molar-refractivity contribution in [3.63, 3.8) is 0 Å². The molecule has 0 atom stereocenters. The third-order valence-electron chi connectivity index (χ3n) is 4.08. The summed E-state index contributed by atoms with van der Waals surface area (Å²) in [5.41, 5.74) is -0.00416. The van der Waals surface area contributed by atoms with Gasteiger partial charge in [0, 0.05) is 22.8 Å². The summed E-state index contributed by atoms with van der Waals surface area (Å²) in [4.78, 5) is 16.2. The number of pyridine rings is 1. The average molecular weight is 327 g/mol. The molecule has 0 N–H and O–H groups in total. The molecule has 116 valence electrons. The molecule has 1 saturated carbocycles. The lowest BCUT2D eigenvalue weighted by atomic mass is 10.0. The molecule has 23 heavy (non-hydrogen) atoms. The van der Waals surface area contributed by atoms with Crippen molar-refractivity contribution in [3.05, 3.63) is 41.2 Å². The Labute approximate surface area is 136 Å². The Kier molecular flexibility index (Phi) is 3.23. The molecule has 1 aliphatic rings. The van der Waals surface area contributed by atoms with E-state index in [1.54, 1.807) is 6.20 Å². The number of nitrogens with zero attached hydrogens (tertiary/aromatic N) is 3. The predicted octanol–water partition coefficient (Wildman–Crippen LogP) is 3.68. The van der Waals surface area contributed by atoms with E-state index < -0.39 is 5.67 Å². The van der Waals surface area contributed by atoms with E-state index in [1.165, 1.54) is 11.3 Å². The number of alkyl halides is 1. The van der Waals surface area contributed by atoms with Gasteiger partial charge >= 0.3 is 0 Å². The van der Waals surface area contributed by atoms with Crippen LogP contribution >= 0.6 is 11.3 Å². The highest BCUT2D eigenvalue weighted by Crippen LogP contribution is 2.41. The highest BCUT2D eigenvalue weighted by molar-refractivity contribution is 7.14. The van der Waals surface area contributed by atoms with Crippen molar-refractivity contribution in [2.45, 2.75) is 31.9 Å². The highest BCUT2D eigenvalue weighted by Gasteiger charge is 2.49. The van der Waals surface area contributed by atoms with Gasteiger partial charge in [0.2, 0.25) is 0 Å². The second-order valence-electron chi connectivity index (χ2n) is 5.93. The first-order valence-corrected chi connectivity index (χ1v) is 8.27. The van der Waals surface area contributed by atoms with Crippen molar-refractivity contribution >= 4 is 27.9 Å². The summed E-state index contributed by atoms with van der Waals surface area (Å²) in [6.45, 7) is 1.92. The Bertz CT molecular complexity index is 917. The van der Waals surface area contributed by atoms with E-state index in [0.717, 1.165) is 26.4 Å². The maximum absolute atomic E-state index is 13.8. The van der Waals surface area contributed by atoms with Crippen molar-refractivity contribution in [1.29, 1.82) is 0 Å². The van der Waals surface area contributed by atoms with Gasteiger partial charge in [-0.05, 0) is 37.3 Å². The van der Waals surface area contributed by atoms with Gasteiger partial charge in [-0.2, -0.15) is 0 Å². The minimum atomic E-state index is -1.59. The average Bonchev–Trinajstić information content (AvgIpc) is 3.15. The molecule has 0 aliphatic heterocycles. The molecule has 4 rings (SSSR count). The van der Waals surface area contributed by atoms with Gasteiger partial charge < -0.3 is 0 Å². The van der Waals surface area contributed by atoms with Gasteiger partial charge in [0.05, 0.1) is 6.42 Å². The second kappa shape index (κ2) is 5.16. The minimum Gasteiger partial charge on any atom is -0.296 e. The second-order valence-corrected chi connectivity index (χ2v) is 7.11. The maximum Gasteiger partial charge on any atom is 0.175 e. The SMILES string of the molecule is Cc1nnc(-c2ccc3cnc(CC(=O)C4(F)CC4)cc3c2)s1. The van der Waals surface area contributed by atoms with Crippen LogP contribution in [-0.4, -0.2) is 26.6 Å². The van der Waals surface area contributed by atoms with Crippen molar-refractivity contribution in [2.75, 3.05) is 0 Å². The van der Waals surface area contributed by atoms with Crippen LogP contribution in [-0.2, 0) is 11.2 Å². The summed E-state index contributed by atoms with van der Waals surface area (Å²) in [5, 5.41) is 11.9. The molecule has 1 aliphatic carbocycles. The fourth-order valence-electron chi connectivity index (χ4n) is 2.54. The molecule has 1 aromatic carbocycles. The summed E-state index contributed by atoms with van der Waals surface area (Å²) in [6, 6.07) is 7.82. The summed E-state index contributed by atoms with van der Waals surface area (Å²) in [7, 11) is 0. The Hall–Kier alpha value is -2.21. The standard InChI is InChI=1S/C17H14FN3OS/c1-10-20-21-16(23-10)11-2-3-12-9-19-14(7-13(12)6-11)8-15(22)17(18)4-5-17/h2-3,6-7,9H,4-5,8H2,1H3. The Morgan fingerprint density at radius 2 is 2.09 bits per heavy atom. The molecular formula is C17H14FN3OS. The van der Waals surface area contributed by atoms with Crippen LogP contribution < -0.4 is 0 Å². The van der Waals surface area contributed by atoms with Crippen molar-refractivity contribution in [2.24, 2.45) is 0 Å². The number of carbonyl (C=O) groups is 1. The maximum atomic E-state index is 13.8. The fraction of sp³-hybridized carbons (Fsp3) is 0.294. The van der Waals surface area contributed by atoms with Gasteiger partial charge in [-0.25, -0.2) is 4.39 Å². The number of hydrogen-bond acceptors (Lipinski definition) is 5. The lowest BCUT2D eigenvalue weighted by Crippen LogP contribution is -2.19. The molecule has 3 aromatic rings. The van der Waals surface area contributed by atoms with Crippen LogP contribution in [0.25, 0.3) is 21.3 Å². The van der Waals surface area contributed by atoms with E-state index in [2.05, 4.69) is 15.2 Å².